The van der Waals surface area contributed by atoms with Crippen molar-refractivity contribution in [2.45, 2.75) is 64.8 Å². The smallest absolute Gasteiger partial charge is 0.331 e. The SMILES string of the molecule is CC(C)[C@@H](C(O)c1nc2ccccc2o1)[N+]1(C(=O)[C@@H](N)C(C)C)CCC[C@H]1C(N)=O. The maximum absolute atomic E-state index is 13.8. The number of aromatic nitrogens is 1. The van der Waals surface area contributed by atoms with Gasteiger partial charge in [0.1, 0.15) is 17.6 Å². The molecule has 1 aliphatic rings. The molecule has 1 saturated heterocycles. The van der Waals surface area contributed by atoms with Gasteiger partial charge in [0.2, 0.25) is 5.89 Å². The molecule has 0 spiro atoms. The number of amides is 2. The van der Waals surface area contributed by atoms with E-state index in [4.69, 9.17) is 15.9 Å². The molecule has 5 atom stereocenters. The van der Waals surface area contributed by atoms with E-state index in [0.29, 0.717) is 30.5 Å². The van der Waals surface area contributed by atoms with Crippen LogP contribution in [0.25, 0.3) is 11.1 Å². The van der Waals surface area contributed by atoms with Crippen LogP contribution in [0.2, 0.25) is 0 Å². The standard InChI is InChI=1S/C22H32N4O4/c1-12(2)17(23)22(29)26(11-7-9-15(26)20(24)28)18(13(3)4)19(27)21-25-14-8-5-6-10-16(14)30-21/h5-6,8,10,12-13,15,17-19,27H,7,9,11,23H2,1-4H3,(H-,24,28)/p+1/t15-,17-,18-,19?,26?/m0/s1. The molecule has 5 N–H and O–H groups in total. The van der Waals surface area contributed by atoms with Gasteiger partial charge in [-0.3, -0.25) is 4.79 Å². The number of aliphatic hydroxyl groups is 1. The highest BCUT2D eigenvalue weighted by molar-refractivity contribution is 5.84. The number of quaternary nitrogens is 1. The lowest BCUT2D eigenvalue weighted by molar-refractivity contribution is -0.892. The Hall–Kier alpha value is -2.29. The van der Waals surface area contributed by atoms with Crippen LogP contribution >= 0.6 is 0 Å². The van der Waals surface area contributed by atoms with Crippen molar-refractivity contribution in [3.8, 4) is 0 Å². The molecule has 2 unspecified atom stereocenters. The molecule has 164 valence electrons. The summed E-state index contributed by atoms with van der Waals surface area (Å²) in [4.78, 5) is 30.6. The predicted molar refractivity (Wildman–Crippen MR) is 113 cm³/mol. The average molecular weight is 418 g/mol. The molecule has 0 aliphatic carbocycles. The van der Waals surface area contributed by atoms with E-state index >= 15 is 0 Å². The Balaban J connectivity index is 2.14. The van der Waals surface area contributed by atoms with Gasteiger partial charge in [0.05, 0.1) is 6.54 Å². The van der Waals surface area contributed by atoms with Crippen LogP contribution < -0.4 is 11.5 Å². The van der Waals surface area contributed by atoms with E-state index in [9.17, 15) is 14.7 Å². The summed E-state index contributed by atoms with van der Waals surface area (Å²) >= 11 is 0. The van der Waals surface area contributed by atoms with Gasteiger partial charge in [0.15, 0.2) is 17.7 Å². The minimum atomic E-state index is -1.19. The van der Waals surface area contributed by atoms with Gasteiger partial charge < -0.3 is 21.0 Å². The van der Waals surface area contributed by atoms with Crippen molar-refractivity contribution < 1.29 is 23.6 Å². The molecule has 0 saturated carbocycles. The third-order valence-corrected chi connectivity index (χ3v) is 6.41. The number of nitrogens with two attached hydrogens (primary N) is 2. The number of likely N-dealkylation sites (tertiary alicyclic amines) is 1. The maximum Gasteiger partial charge on any atom is 0.331 e. The molecule has 2 heterocycles. The molecule has 0 radical (unpaired) electrons. The summed E-state index contributed by atoms with van der Waals surface area (Å²) in [6, 6.07) is 5.04. The summed E-state index contributed by atoms with van der Waals surface area (Å²) in [7, 11) is 0. The topological polar surface area (TPSA) is 132 Å². The molecule has 2 aromatic rings. The first-order chi connectivity index (χ1) is 14.1. The summed E-state index contributed by atoms with van der Waals surface area (Å²) in [5, 5.41) is 11.4. The second-order valence-corrected chi connectivity index (χ2v) is 9.02. The van der Waals surface area contributed by atoms with Gasteiger partial charge in [-0.05, 0) is 18.1 Å². The Kier molecular flexibility index (Phi) is 6.31. The maximum atomic E-state index is 13.8. The number of nitrogens with zero attached hydrogens (tertiary/aromatic N) is 2. The molecule has 1 aromatic carbocycles. The Labute approximate surface area is 176 Å². The molecule has 2 amide bonds. The fourth-order valence-corrected chi connectivity index (χ4v) is 4.94. The first-order valence-electron chi connectivity index (χ1n) is 10.6. The molecule has 3 rings (SSSR count). The first kappa shape index (κ1) is 22.4. The Morgan fingerprint density at radius 3 is 2.43 bits per heavy atom. The fourth-order valence-electron chi connectivity index (χ4n) is 4.94. The number of carbonyl (C=O) groups is 2. The fraction of sp³-hybridized carbons (Fsp3) is 0.591. The first-order valence-corrected chi connectivity index (χ1v) is 10.6. The largest absolute Gasteiger partial charge is 0.438 e. The lowest BCUT2D eigenvalue weighted by Crippen LogP contribution is -2.71. The van der Waals surface area contributed by atoms with Crippen LogP contribution in [-0.2, 0) is 9.59 Å². The lowest BCUT2D eigenvalue weighted by atomic mass is 9.89. The average Bonchev–Trinajstić information content (AvgIpc) is 3.31. The van der Waals surface area contributed by atoms with Crippen molar-refractivity contribution in [2.75, 3.05) is 6.54 Å². The van der Waals surface area contributed by atoms with Crippen molar-refractivity contribution >= 4 is 22.9 Å². The van der Waals surface area contributed by atoms with Gasteiger partial charge in [-0.2, -0.15) is 0 Å². The second kappa shape index (κ2) is 8.45. The molecular weight excluding hydrogens is 384 g/mol. The van der Waals surface area contributed by atoms with Crippen molar-refractivity contribution in [2.24, 2.45) is 23.3 Å². The molecule has 0 bridgehead atoms. The monoisotopic (exact) mass is 417 g/mol. The molecular formula is C22H33N4O4+. The van der Waals surface area contributed by atoms with Gasteiger partial charge >= 0.3 is 5.91 Å². The van der Waals surface area contributed by atoms with E-state index in [2.05, 4.69) is 4.98 Å². The van der Waals surface area contributed by atoms with Crippen molar-refractivity contribution in [3.05, 3.63) is 30.2 Å². The van der Waals surface area contributed by atoms with Crippen LogP contribution in [0.1, 0.15) is 52.5 Å². The van der Waals surface area contributed by atoms with Gasteiger partial charge in [0, 0.05) is 18.8 Å². The lowest BCUT2D eigenvalue weighted by Gasteiger charge is -2.46. The third kappa shape index (κ3) is 3.64. The van der Waals surface area contributed by atoms with Crippen LogP contribution in [0.5, 0.6) is 0 Å². The number of carbonyl (C=O) groups excluding carboxylic acids is 2. The van der Waals surface area contributed by atoms with Crippen LogP contribution in [0.3, 0.4) is 0 Å². The molecule has 1 fully saturated rings. The van der Waals surface area contributed by atoms with E-state index in [1.165, 1.54) is 0 Å². The van der Waals surface area contributed by atoms with Crippen molar-refractivity contribution in [1.29, 1.82) is 0 Å². The summed E-state index contributed by atoms with van der Waals surface area (Å²) < 4.78 is 5.56. The van der Waals surface area contributed by atoms with E-state index in [1.54, 1.807) is 12.1 Å². The quantitative estimate of drug-likeness (QED) is 0.589. The van der Waals surface area contributed by atoms with Gasteiger partial charge in [-0.1, -0.05) is 39.8 Å². The highest BCUT2D eigenvalue weighted by Crippen LogP contribution is 2.41. The van der Waals surface area contributed by atoms with Gasteiger partial charge in [-0.25, -0.2) is 14.3 Å². The predicted octanol–water partition coefficient (Wildman–Crippen LogP) is 1.86. The number of benzene rings is 1. The molecule has 30 heavy (non-hydrogen) atoms. The van der Waals surface area contributed by atoms with Crippen molar-refractivity contribution in [3.63, 3.8) is 0 Å². The van der Waals surface area contributed by atoms with Crippen LogP contribution in [0, 0.1) is 11.8 Å². The number of primary amides is 1. The van der Waals surface area contributed by atoms with Crippen LogP contribution in [-0.4, -0.2) is 51.1 Å². The summed E-state index contributed by atoms with van der Waals surface area (Å²) in [6.45, 7) is 7.97. The molecule has 8 nitrogen and oxygen atoms in total. The molecule has 1 aromatic heterocycles. The van der Waals surface area contributed by atoms with Crippen LogP contribution in [0.4, 0.5) is 0 Å². The number of fused-ring (bicyclic) bond motifs is 1. The summed E-state index contributed by atoms with van der Waals surface area (Å²) in [5.41, 5.74) is 13.2. The van der Waals surface area contributed by atoms with E-state index in [-0.39, 0.29) is 28.1 Å². The number of aliphatic hydroxyl groups excluding tert-OH is 1. The number of hydrogen-bond acceptors (Lipinski definition) is 6. The normalized spacial score (nSPS) is 25.0. The number of oxazole rings is 1. The summed E-state index contributed by atoms with van der Waals surface area (Å²) in [6.07, 6.45) is -0.0658. The Morgan fingerprint density at radius 1 is 1.20 bits per heavy atom. The minimum Gasteiger partial charge on any atom is -0.438 e. The number of rotatable bonds is 7. The summed E-state index contributed by atoms with van der Waals surface area (Å²) in [5.74, 6) is -0.963. The molecule has 1 aliphatic heterocycles. The van der Waals surface area contributed by atoms with Crippen LogP contribution in [0.15, 0.2) is 28.7 Å². The van der Waals surface area contributed by atoms with Gasteiger partial charge in [0.25, 0.3) is 5.91 Å². The third-order valence-electron chi connectivity index (χ3n) is 6.41. The van der Waals surface area contributed by atoms with E-state index in [0.717, 1.165) is 0 Å². The zero-order chi connectivity index (χ0) is 22.2. The highest BCUT2D eigenvalue weighted by Gasteiger charge is 2.60. The Morgan fingerprint density at radius 2 is 1.87 bits per heavy atom. The number of hydrogen-bond donors (Lipinski definition) is 3. The zero-order valence-corrected chi connectivity index (χ0v) is 18.1. The van der Waals surface area contributed by atoms with Gasteiger partial charge in [-0.15, -0.1) is 0 Å². The van der Waals surface area contributed by atoms with E-state index in [1.807, 2.05) is 39.8 Å². The second-order valence-electron chi connectivity index (χ2n) is 9.02. The van der Waals surface area contributed by atoms with E-state index < -0.39 is 30.1 Å². The minimum absolute atomic E-state index is 0.115. The Bertz CT molecular complexity index is 892. The van der Waals surface area contributed by atoms with Crippen molar-refractivity contribution in [1.82, 2.24) is 4.98 Å². The molecule has 8 heteroatoms. The number of para-hydroxylation sites is 2. The highest BCUT2D eigenvalue weighted by atomic mass is 16.4. The zero-order valence-electron chi connectivity index (χ0n) is 18.1.